The summed E-state index contributed by atoms with van der Waals surface area (Å²) in [6, 6.07) is 19.5. The van der Waals surface area contributed by atoms with Gasteiger partial charge in [-0.25, -0.2) is 16.8 Å². The molecule has 4 aromatic carbocycles. The maximum atomic E-state index is 12.1. The minimum absolute atomic E-state index is 0. The minimum atomic E-state index is -4.49. The Bertz CT molecular complexity index is 1770. The molecule has 0 unspecified atom stereocenters. The van der Waals surface area contributed by atoms with Crippen LogP contribution in [0.4, 0.5) is 0 Å². The molecule has 0 atom stereocenters. The van der Waals surface area contributed by atoms with Crippen LogP contribution in [0.25, 0.3) is 21.5 Å². The molecule has 0 aliphatic heterocycles. The third-order valence-electron chi connectivity index (χ3n) is 10.0. The molecule has 0 aliphatic carbocycles. The fourth-order valence-corrected chi connectivity index (χ4v) is 9.36. The van der Waals surface area contributed by atoms with Crippen molar-refractivity contribution in [3.63, 3.8) is 0 Å². The van der Waals surface area contributed by atoms with Crippen LogP contribution in [-0.2, 0) is 45.9 Å². The molecule has 0 heterocycles. The molecule has 0 bridgehead atoms. The van der Waals surface area contributed by atoms with Crippen LogP contribution in [0.1, 0.15) is 153 Å². The first-order valence-electron chi connectivity index (χ1n) is 20.0. The molecule has 4 rings (SSSR count). The molecule has 0 spiro atoms. The first-order valence-corrected chi connectivity index (χ1v) is 22.8. The summed E-state index contributed by atoms with van der Waals surface area (Å²) in [5.41, 5.74) is 2.89. The minimum Gasteiger partial charge on any atom is -0.744 e. The van der Waals surface area contributed by atoms with Gasteiger partial charge in [0.15, 0.2) is 0 Å². The van der Waals surface area contributed by atoms with E-state index in [0.717, 1.165) is 135 Å². The molecule has 288 valence electrons. The monoisotopic (exact) mass is 888 g/mol. The van der Waals surface area contributed by atoms with Crippen LogP contribution in [0.15, 0.2) is 70.5 Å². The van der Waals surface area contributed by atoms with E-state index in [1.54, 1.807) is 0 Å². The van der Waals surface area contributed by atoms with Crippen LogP contribution in [0.2, 0.25) is 0 Å². The summed E-state index contributed by atoms with van der Waals surface area (Å²) >= 11 is 0. The summed E-state index contributed by atoms with van der Waals surface area (Å²) in [6.45, 7) is 8.61. The van der Waals surface area contributed by atoms with E-state index in [1.165, 1.54) is 0 Å². The molecular formula is C44H62BaO6S2. The Labute approximate surface area is 361 Å². The number of benzene rings is 4. The third kappa shape index (κ3) is 15.3. The van der Waals surface area contributed by atoms with Gasteiger partial charge in [0.2, 0.25) is 0 Å². The van der Waals surface area contributed by atoms with E-state index in [0.29, 0.717) is 36.8 Å². The van der Waals surface area contributed by atoms with Crippen LogP contribution >= 0.6 is 0 Å². The van der Waals surface area contributed by atoms with Crippen molar-refractivity contribution >= 4 is 90.7 Å². The van der Waals surface area contributed by atoms with Gasteiger partial charge in [0, 0.05) is 0 Å². The van der Waals surface area contributed by atoms with Gasteiger partial charge in [-0.1, -0.05) is 153 Å². The molecule has 0 amide bonds. The Morgan fingerprint density at radius 2 is 0.736 bits per heavy atom. The number of rotatable bonds is 22. The molecule has 0 aromatic heterocycles. The van der Waals surface area contributed by atoms with Crippen molar-refractivity contribution in [2.75, 3.05) is 0 Å². The maximum absolute atomic E-state index is 12.1. The summed E-state index contributed by atoms with van der Waals surface area (Å²) in [4.78, 5) is 0.119. The van der Waals surface area contributed by atoms with E-state index in [-0.39, 0.29) is 58.7 Å². The van der Waals surface area contributed by atoms with E-state index in [2.05, 4.69) is 27.7 Å². The van der Waals surface area contributed by atoms with Gasteiger partial charge in [-0.15, -0.1) is 0 Å². The number of unbranched alkanes of at least 4 members (excludes halogenated alkanes) is 12. The van der Waals surface area contributed by atoms with E-state index in [1.807, 2.05) is 60.7 Å². The van der Waals surface area contributed by atoms with E-state index in [4.69, 9.17) is 0 Å². The predicted octanol–water partition coefficient (Wildman–Crippen LogP) is 11.6. The van der Waals surface area contributed by atoms with Gasteiger partial charge < -0.3 is 9.11 Å². The predicted molar refractivity (Wildman–Crippen MR) is 221 cm³/mol. The molecule has 0 saturated heterocycles. The Morgan fingerprint density at radius 1 is 0.434 bits per heavy atom. The largest absolute Gasteiger partial charge is 2.00 e. The van der Waals surface area contributed by atoms with Crippen molar-refractivity contribution in [1.29, 1.82) is 0 Å². The third-order valence-corrected chi connectivity index (χ3v) is 12.0. The average molecular weight is 888 g/mol. The summed E-state index contributed by atoms with van der Waals surface area (Å²) in [5.74, 6) is 0. The van der Waals surface area contributed by atoms with Crippen LogP contribution in [0.5, 0.6) is 0 Å². The van der Waals surface area contributed by atoms with Gasteiger partial charge in [0.1, 0.15) is 20.2 Å². The first kappa shape index (κ1) is 47.9. The van der Waals surface area contributed by atoms with Crippen molar-refractivity contribution in [2.45, 2.75) is 166 Å². The molecule has 0 saturated carbocycles. The van der Waals surface area contributed by atoms with Gasteiger partial charge in [-0.3, -0.25) is 0 Å². The average Bonchev–Trinajstić information content (AvgIpc) is 3.11. The van der Waals surface area contributed by atoms with E-state index >= 15 is 0 Å². The second-order valence-corrected chi connectivity index (χ2v) is 16.9. The van der Waals surface area contributed by atoms with E-state index < -0.39 is 20.2 Å². The molecule has 0 aliphatic rings. The Morgan fingerprint density at radius 3 is 1.04 bits per heavy atom. The van der Waals surface area contributed by atoms with Crippen molar-refractivity contribution in [3.8, 4) is 0 Å². The van der Waals surface area contributed by atoms with Gasteiger partial charge >= 0.3 is 48.9 Å². The Hall–Kier alpha value is -1.21. The van der Waals surface area contributed by atoms with Gasteiger partial charge in [0.05, 0.1) is 9.79 Å². The summed E-state index contributed by atoms with van der Waals surface area (Å²) in [7, 11) is -8.98. The van der Waals surface area contributed by atoms with Crippen molar-refractivity contribution in [2.24, 2.45) is 0 Å². The second-order valence-electron chi connectivity index (χ2n) is 14.3. The molecular weight excluding hydrogens is 826 g/mol. The van der Waals surface area contributed by atoms with Crippen molar-refractivity contribution in [1.82, 2.24) is 0 Å². The quantitative estimate of drug-likeness (QED) is 0.0441. The van der Waals surface area contributed by atoms with Gasteiger partial charge in [0.25, 0.3) is 0 Å². The zero-order chi connectivity index (χ0) is 38.0. The van der Waals surface area contributed by atoms with Crippen LogP contribution < -0.4 is 0 Å². The van der Waals surface area contributed by atoms with Crippen LogP contribution in [-0.4, -0.2) is 74.8 Å². The molecule has 0 N–H and O–H groups in total. The van der Waals surface area contributed by atoms with Crippen LogP contribution in [0.3, 0.4) is 0 Å². The SMILES string of the molecule is CCCCCCc1cc2ccccc2c(CCCCCC)c1S(=O)(=O)[O-].CCCCCCc1cc2ccccc2c(CCCCCC)c1S(=O)(=O)[O-].[Ba+2]. The summed E-state index contributed by atoms with van der Waals surface area (Å²) in [6.07, 6.45) is 19.6. The molecule has 4 aromatic rings. The first-order chi connectivity index (χ1) is 25.0. The Kier molecular flexibility index (Phi) is 22.7. The number of hydrogen-bond acceptors (Lipinski definition) is 6. The molecule has 53 heavy (non-hydrogen) atoms. The van der Waals surface area contributed by atoms with Crippen molar-refractivity contribution < 1.29 is 25.9 Å². The van der Waals surface area contributed by atoms with Gasteiger partial charge in [-0.05, 0) is 107 Å². The fraction of sp³-hybridized carbons (Fsp3) is 0.545. The zero-order valence-electron chi connectivity index (χ0n) is 32.9. The van der Waals surface area contributed by atoms with Gasteiger partial charge in [-0.2, -0.15) is 0 Å². The maximum Gasteiger partial charge on any atom is 2.00 e. The number of fused-ring (bicyclic) bond motifs is 2. The summed E-state index contributed by atoms with van der Waals surface area (Å²) < 4.78 is 72.8. The topological polar surface area (TPSA) is 114 Å². The standard InChI is InChI=1S/2C22H32O3S.Ba/c2*1-3-5-7-9-14-19-17-18-13-11-12-15-20(18)21(16-10-8-6-4-2)22(19)26(23,24)25;/h2*11-13,15,17H,3-10,14,16H2,1-2H3,(H,23,24,25);/q;;+2/p-2. The molecule has 0 fully saturated rings. The number of hydrogen-bond donors (Lipinski definition) is 0. The fourth-order valence-electron chi connectivity index (χ4n) is 7.37. The van der Waals surface area contributed by atoms with Crippen molar-refractivity contribution in [3.05, 3.63) is 82.9 Å². The molecule has 0 radical (unpaired) electrons. The smallest absolute Gasteiger partial charge is 0.744 e. The summed E-state index contributed by atoms with van der Waals surface area (Å²) in [5, 5.41) is 3.90. The Balaban J connectivity index is 0.000000360. The second kappa shape index (κ2) is 25.1. The molecule has 9 heteroatoms. The van der Waals surface area contributed by atoms with Crippen LogP contribution in [0, 0.1) is 0 Å². The zero-order valence-corrected chi connectivity index (χ0v) is 39.0. The molecule has 6 nitrogen and oxygen atoms in total. The number of aryl methyl sites for hydroxylation is 4. The normalized spacial score (nSPS) is 11.7. The van der Waals surface area contributed by atoms with E-state index in [9.17, 15) is 25.9 Å².